The fourth-order valence-electron chi connectivity index (χ4n) is 1.67. The van der Waals surface area contributed by atoms with Gasteiger partial charge in [0, 0.05) is 12.6 Å². The minimum atomic E-state index is -0.447. The molecule has 0 radical (unpaired) electrons. The maximum atomic E-state index is 13.1. The molecule has 0 saturated carbocycles. The summed E-state index contributed by atoms with van der Waals surface area (Å²) in [5.41, 5.74) is 1.55. The van der Waals surface area contributed by atoms with Crippen molar-refractivity contribution in [3.05, 3.63) is 41.5 Å². The van der Waals surface area contributed by atoms with E-state index in [4.69, 9.17) is 5.26 Å². The molecule has 0 spiro atoms. The second-order valence-corrected chi connectivity index (χ2v) is 3.87. The molecule has 0 saturated heterocycles. The molecular weight excluding hydrogens is 245 g/mol. The van der Waals surface area contributed by atoms with Gasteiger partial charge >= 0.3 is 0 Å². The fraction of sp³-hybridized carbons (Fsp3) is 0.154. The van der Waals surface area contributed by atoms with E-state index in [0.717, 1.165) is 5.56 Å². The highest BCUT2D eigenvalue weighted by atomic mass is 19.1. The summed E-state index contributed by atoms with van der Waals surface area (Å²) in [7, 11) is 1.76. The lowest BCUT2D eigenvalue weighted by Gasteiger charge is -2.11. The Labute approximate surface area is 110 Å². The lowest BCUT2D eigenvalue weighted by atomic mass is 10.2. The molecule has 0 bridgehead atoms. The molecule has 1 heterocycles. The number of rotatable bonds is 3. The summed E-state index contributed by atoms with van der Waals surface area (Å²) >= 11 is 0. The molecule has 2 aromatic rings. The molecule has 19 heavy (non-hydrogen) atoms. The van der Waals surface area contributed by atoms with Crippen LogP contribution in [0, 0.1) is 24.1 Å². The van der Waals surface area contributed by atoms with Crippen LogP contribution in [0.2, 0.25) is 0 Å². The highest BCUT2D eigenvalue weighted by molar-refractivity contribution is 5.68. The Hall–Kier alpha value is -2.68. The third-order valence-electron chi connectivity index (χ3n) is 2.68. The molecule has 0 fully saturated rings. The molecule has 96 valence electrons. The average Bonchev–Trinajstić information content (AvgIpc) is 2.42. The summed E-state index contributed by atoms with van der Waals surface area (Å²) in [4.78, 5) is 8.18. The van der Waals surface area contributed by atoms with Crippen LogP contribution in [-0.2, 0) is 0 Å². The van der Waals surface area contributed by atoms with Gasteiger partial charge in [0.1, 0.15) is 29.8 Å². The Kier molecular flexibility index (Phi) is 3.57. The van der Waals surface area contributed by atoms with Crippen molar-refractivity contribution in [2.45, 2.75) is 6.92 Å². The van der Waals surface area contributed by atoms with E-state index in [1.54, 1.807) is 7.05 Å². The molecule has 0 aliphatic heterocycles. The highest BCUT2D eigenvalue weighted by Gasteiger charge is 2.09. The van der Waals surface area contributed by atoms with Crippen LogP contribution in [0.15, 0.2) is 24.5 Å². The monoisotopic (exact) mass is 257 g/mol. The first kappa shape index (κ1) is 12.8. The first-order chi connectivity index (χ1) is 9.15. The van der Waals surface area contributed by atoms with Gasteiger partial charge in [-0.1, -0.05) is 0 Å². The van der Waals surface area contributed by atoms with E-state index in [0.29, 0.717) is 17.3 Å². The Balaban J connectivity index is 2.40. The number of anilines is 3. The average molecular weight is 257 g/mol. The number of nitrogens with zero attached hydrogens (tertiary/aromatic N) is 3. The number of nitrogens with one attached hydrogen (secondary N) is 2. The maximum Gasteiger partial charge on any atom is 0.138 e. The minimum absolute atomic E-state index is 0.226. The molecule has 0 atom stereocenters. The number of halogens is 1. The topological polar surface area (TPSA) is 73.6 Å². The van der Waals surface area contributed by atoms with Crippen LogP contribution in [0.25, 0.3) is 0 Å². The van der Waals surface area contributed by atoms with Crippen molar-refractivity contribution in [3.63, 3.8) is 0 Å². The van der Waals surface area contributed by atoms with Gasteiger partial charge in [0.05, 0.1) is 11.3 Å². The van der Waals surface area contributed by atoms with Crippen LogP contribution >= 0.6 is 0 Å². The molecule has 5 nitrogen and oxygen atoms in total. The third-order valence-corrected chi connectivity index (χ3v) is 2.68. The van der Waals surface area contributed by atoms with Gasteiger partial charge in [0.25, 0.3) is 0 Å². The second-order valence-electron chi connectivity index (χ2n) is 3.87. The summed E-state index contributed by atoms with van der Waals surface area (Å²) in [6.45, 7) is 1.85. The molecule has 0 amide bonds. The number of hydrogen-bond acceptors (Lipinski definition) is 5. The molecule has 2 rings (SSSR count). The van der Waals surface area contributed by atoms with Crippen LogP contribution in [-0.4, -0.2) is 17.0 Å². The van der Waals surface area contributed by atoms with Crippen molar-refractivity contribution in [2.24, 2.45) is 0 Å². The third kappa shape index (κ3) is 2.60. The normalized spacial score (nSPS) is 9.79. The largest absolute Gasteiger partial charge is 0.373 e. The predicted octanol–water partition coefficient (Wildman–Crippen LogP) is 2.58. The van der Waals surface area contributed by atoms with Crippen molar-refractivity contribution < 1.29 is 4.39 Å². The molecule has 0 aliphatic carbocycles. The van der Waals surface area contributed by atoms with Crippen LogP contribution in [0.4, 0.5) is 21.7 Å². The Morgan fingerprint density at radius 3 is 2.68 bits per heavy atom. The number of hydrogen-bond donors (Lipinski definition) is 2. The van der Waals surface area contributed by atoms with Crippen molar-refractivity contribution in [3.8, 4) is 6.07 Å². The zero-order chi connectivity index (χ0) is 13.8. The van der Waals surface area contributed by atoms with E-state index < -0.39 is 5.82 Å². The summed E-state index contributed by atoms with van der Waals surface area (Å²) in [5, 5.41) is 14.9. The zero-order valence-electron chi connectivity index (χ0n) is 10.5. The minimum Gasteiger partial charge on any atom is -0.373 e. The first-order valence-electron chi connectivity index (χ1n) is 5.61. The van der Waals surface area contributed by atoms with E-state index in [-0.39, 0.29) is 5.56 Å². The van der Waals surface area contributed by atoms with Crippen LogP contribution in [0.5, 0.6) is 0 Å². The van der Waals surface area contributed by atoms with E-state index >= 15 is 0 Å². The Morgan fingerprint density at radius 2 is 2.00 bits per heavy atom. The van der Waals surface area contributed by atoms with E-state index in [1.165, 1.54) is 24.5 Å². The van der Waals surface area contributed by atoms with E-state index in [1.807, 2.05) is 13.0 Å². The lowest BCUT2D eigenvalue weighted by Crippen LogP contribution is -2.03. The summed E-state index contributed by atoms with van der Waals surface area (Å²) < 4.78 is 13.1. The number of benzene rings is 1. The molecule has 0 unspecified atom stereocenters. The number of nitriles is 1. The van der Waals surface area contributed by atoms with Gasteiger partial charge in [-0.25, -0.2) is 14.4 Å². The van der Waals surface area contributed by atoms with Gasteiger partial charge in [-0.2, -0.15) is 5.26 Å². The van der Waals surface area contributed by atoms with Gasteiger partial charge in [-0.3, -0.25) is 0 Å². The zero-order valence-corrected chi connectivity index (χ0v) is 10.5. The van der Waals surface area contributed by atoms with Gasteiger partial charge in [-0.15, -0.1) is 0 Å². The Bertz CT molecular complexity index is 648. The van der Waals surface area contributed by atoms with Gasteiger partial charge < -0.3 is 10.6 Å². The lowest BCUT2D eigenvalue weighted by molar-refractivity contribution is 0.627. The SMILES string of the molecule is CNc1ncnc(Nc2ccc(F)cc2C#N)c1C. The summed E-state index contributed by atoms with van der Waals surface area (Å²) in [6.07, 6.45) is 1.41. The van der Waals surface area contributed by atoms with Crippen LogP contribution in [0.3, 0.4) is 0 Å². The molecule has 0 aliphatic rings. The maximum absolute atomic E-state index is 13.1. The summed E-state index contributed by atoms with van der Waals surface area (Å²) in [5.74, 6) is 0.818. The van der Waals surface area contributed by atoms with Crippen molar-refractivity contribution in [1.29, 1.82) is 5.26 Å². The summed E-state index contributed by atoms with van der Waals surface area (Å²) in [6, 6.07) is 5.92. The van der Waals surface area contributed by atoms with Crippen molar-refractivity contribution in [1.82, 2.24) is 9.97 Å². The van der Waals surface area contributed by atoms with Crippen molar-refractivity contribution >= 4 is 17.3 Å². The molecule has 2 N–H and O–H groups in total. The van der Waals surface area contributed by atoms with E-state index in [9.17, 15) is 4.39 Å². The number of aromatic nitrogens is 2. The van der Waals surface area contributed by atoms with Crippen LogP contribution < -0.4 is 10.6 Å². The van der Waals surface area contributed by atoms with Crippen LogP contribution in [0.1, 0.15) is 11.1 Å². The fourth-order valence-corrected chi connectivity index (χ4v) is 1.67. The van der Waals surface area contributed by atoms with Gasteiger partial charge in [0.2, 0.25) is 0 Å². The Morgan fingerprint density at radius 1 is 1.26 bits per heavy atom. The quantitative estimate of drug-likeness (QED) is 0.884. The molecular formula is C13H12FN5. The highest BCUT2D eigenvalue weighted by Crippen LogP contribution is 2.24. The van der Waals surface area contributed by atoms with Gasteiger partial charge in [0.15, 0.2) is 0 Å². The second kappa shape index (κ2) is 5.31. The predicted molar refractivity (Wildman–Crippen MR) is 70.7 cm³/mol. The smallest absolute Gasteiger partial charge is 0.138 e. The molecule has 1 aromatic heterocycles. The first-order valence-corrected chi connectivity index (χ1v) is 5.61. The molecule has 1 aromatic carbocycles. The van der Waals surface area contributed by atoms with Crippen molar-refractivity contribution in [2.75, 3.05) is 17.7 Å². The molecule has 6 heteroatoms. The van der Waals surface area contributed by atoms with Gasteiger partial charge in [-0.05, 0) is 25.1 Å². The van der Waals surface area contributed by atoms with E-state index in [2.05, 4.69) is 20.6 Å². The standard InChI is InChI=1S/C13H12FN5/c1-8-12(16-2)17-7-18-13(8)19-11-4-3-10(14)5-9(11)6-15/h3-5,7H,1-2H3,(H2,16,17,18,19).